The molecule has 7 heteroatoms. The van der Waals surface area contributed by atoms with Crippen molar-refractivity contribution in [1.29, 1.82) is 0 Å². The zero-order chi connectivity index (χ0) is 13.3. The van der Waals surface area contributed by atoms with Gasteiger partial charge >= 0.3 is 19.5 Å². The van der Waals surface area contributed by atoms with E-state index in [9.17, 15) is 5.11 Å². The summed E-state index contributed by atoms with van der Waals surface area (Å²) in [5, 5.41) is 19.0. The molecule has 0 radical (unpaired) electrons. The first-order valence-electron chi connectivity index (χ1n) is 5.09. The smallest absolute Gasteiger partial charge is 0.852 e. The van der Waals surface area contributed by atoms with E-state index in [1.807, 2.05) is 0 Å². The fraction of sp³-hybridized carbons (Fsp3) is 0.800. The molecule has 17 heavy (non-hydrogen) atoms. The Labute approximate surface area is 127 Å². The number of nitrogens with two attached hydrogens (primary N) is 1. The van der Waals surface area contributed by atoms with E-state index < -0.39 is 5.17 Å². The van der Waals surface area contributed by atoms with Gasteiger partial charge in [-0.05, 0) is 11.8 Å². The molecule has 0 aromatic carbocycles. The predicted molar refractivity (Wildman–Crippen MR) is 70.6 cm³/mol. The molecular weight excluding hydrogens is 310 g/mol. The van der Waals surface area contributed by atoms with Gasteiger partial charge in [-0.1, -0.05) is 52.1 Å². The second kappa shape index (κ2) is 12.5. The molecule has 0 aliphatic rings. The molecule has 0 bridgehead atoms. The molecule has 0 spiro atoms. The molecule has 0 rings (SSSR count). The van der Waals surface area contributed by atoms with E-state index >= 15 is 0 Å². The third-order valence-electron chi connectivity index (χ3n) is 1.43. The third kappa shape index (κ3) is 21.8. The molecule has 0 saturated heterocycles. The molecule has 4 nitrogen and oxygen atoms in total. The summed E-state index contributed by atoms with van der Waals surface area (Å²) in [5.74, 6) is 0.992. The average Bonchev–Trinajstić information content (AvgIpc) is 1.99. The van der Waals surface area contributed by atoms with E-state index in [1.165, 1.54) is 0 Å². The van der Waals surface area contributed by atoms with Crippen molar-refractivity contribution in [3.63, 3.8) is 0 Å². The topological polar surface area (TPSA) is 75.4 Å². The molecule has 0 unspecified atom stereocenters. The SMILES string of the molecule is CC(C)CN(CC(C)C)C([O-])=S.NC([O-])=S.[Zn+2]. The van der Waals surface area contributed by atoms with Crippen LogP contribution in [-0.4, -0.2) is 28.3 Å². The Kier molecular flexibility index (Phi) is 16.3. The van der Waals surface area contributed by atoms with Gasteiger partial charge in [0.25, 0.3) is 0 Å². The Bertz CT molecular complexity index is 212. The molecule has 0 heterocycles. The molecule has 0 saturated carbocycles. The summed E-state index contributed by atoms with van der Waals surface area (Å²) < 4.78 is 0. The van der Waals surface area contributed by atoms with Gasteiger partial charge in [-0.15, -0.1) is 0 Å². The number of thiocarbonyl (C=S) groups is 2. The summed E-state index contributed by atoms with van der Waals surface area (Å²) in [7, 11) is 0. The van der Waals surface area contributed by atoms with Crippen molar-refractivity contribution in [2.45, 2.75) is 27.7 Å². The van der Waals surface area contributed by atoms with E-state index in [0.29, 0.717) is 11.8 Å². The number of hydrogen-bond donors (Lipinski definition) is 1. The first kappa shape index (κ1) is 22.2. The van der Waals surface area contributed by atoms with E-state index in [1.54, 1.807) is 4.90 Å². The van der Waals surface area contributed by atoms with Crippen LogP contribution in [0.2, 0.25) is 0 Å². The molecular formula is C10H20N2O2S2Zn. The summed E-state index contributed by atoms with van der Waals surface area (Å²) >= 11 is 8.38. The Hall–Kier alpha value is 0.00338. The number of nitrogens with zero attached hydrogens (tertiary/aromatic N) is 1. The van der Waals surface area contributed by atoms with Gasteiger partial charge in [0.2, 0.25) is 0 Å². The Balaban J connectivity index is -0.000000340. The summed E-state index contributed by atoms with van der Waals surface area (Å²) in [5.41, 5.74) is 4.29. The molecule has 0 fully saturated rings. The van der Waals surface area contributed by atoms with Crippen molar-refractivity contribution < 1.29 is 29.7 Å². The number of hydrogen-bond acceptors (Lipinski definition) is 4. The van der Waals surface area contributed by atoms with Gasteiger partial charge in [-0.2, -0.15) is 0 Å². The van der Waals surface area contributed by atoms with Crippen LogP contribution in [0.3, 0.4) is 0 Å². The second-order valence-electron chi connectivity index (χ2n) is 4.28. The van der Waals surface area contributed by atoms with Crippen molar-refractivity contribution in [2.75, 3.05) is 13.1 Å². The zero-order valence-corrected chi connectivity index (χ0v) is 15.5. The molecule has 2 N–H and O–H groups in total. The van der Waals surface area contributed by atoms with Gasteiger partial charge in [0.1, 0.15) is 0 Å². The fourth-order valence-electron chi connectivity index (χ4n) is 1.11. The predicted octanol–water partition coefficient (Wildman–Crippen LogP) is -0.167. The summed E-state index contributed by atoms with van der Waals surface area (Å²) in [6.45, 7) is 9.91. The van der Waals surface area contributed by atoms with Crippen LogP contribution in [0, 0.1) is 11.8 Å². The molecule has 0 aromatic heterocycles. The van der Waals surface area contributed by atoms with Crippen molar-refractivity contribution in [3.05, 3.63) is 0 Å². The molecule has 0 aliphatic carbocycles. The molecule has 0 atom stereocenters. The quantitative estimate of drug-likeness (QED) is 0.570. The fourth-order valence-corrected chi connectivity index (χ4v) is 1.25. The second-order valence-corrected chi connectivity index (χ2v) is 5.03. The van der Waals surface area contributed by atoms with Crippen molar-refractivity contribution in [3.8, 4) is 0 Å². The average molecular weight is 330 g/mol. The van der Waals surface area contributed by atoms with Gasteiger partial charge in [-0.3, -0.25) is 0 Å². The molecule has 96 valence electrons. The summed E-state index contributed by atoms with van der Waals surface area (Å²) in [6, 6.07) is 0. The van der Waals surface area contributed by atoms with Crippen molar-refractivity contribution >= 4 is 34.8 Å². The van der Waals surface area contributed by atoms with Crippen LogP contribution in [0.25, 0.3) is 0 Å². The Morgan fingerprint density at radius 1 is 1.06 bits per heavy atom. The van der Waals surface area contributed by atoms with Gasteiger partial charge in [0, 0.05) is 23.4 Å². The van der Waals surface area contributed by atoms with Gasteiger partial charge in [0.05, 0.1) is 0 Å². The zero-order valence-electron chi connectivity index (χ0n) is 10.9. The van der Waals surface area contributed by atoms with Crippen molar-refractivity contribution in [1.82, 2.24) is 4.90 Å². The van der Waals surface area contributed by atoms with Crippen molar-refractivity contribution in [2.24, 2.45) is 17.6 Å². The van der Waals surface area contributed by atoms with Crippen LogP contribution in [0.5, 0.6) is 0 Å². The standard InChI is InChI=1S/C9H19NOS.CH3NOS.Zn/c1-7(2)5-10(9(11)12)6-8(3)4;2-1(3)4;/h7-8H,5-6H2,1-4H3,(H,11,12);(H3,2,3,4);/q;;+2/p-2. The Morgan fingerprint density at radius 2 is 1.29 bits per heavy atom. The molecule has 0 aliphatic heterocycles. The monoisotopic (exact) mass is 328 g/mol. The number of rotatable bonds is 4. The molecule has 0 amide bonds. The maximum Gasteiger partial charge on any atom is 2.00 e. The van der Waals surface area contributed by atoms with Crippen LogP contribution in [-0.2, 0) is 19.5 Å². The van der Waals surface area contributed by atoms with Gasteiger partial charge < -0.3 is 20.8 Å². The van der Waals surface area contributed by atoms with E-state index in [0.717, 1.165) is 13.1 Å². The van der Waals surface area contributed by atoms with Gasteiger partial charge in [0.15, 0.2) is 0 Å². The minimum absolute atomic E-state index is 0. The summed E-state index contributed by atoms with van der Waals surface area (Å²) in [4.78, 5) is 1.74. The minimum Gasteiger partial charge on any atom is -0.852 e. The van der Waals surface area contributed by atoms with E-state index in [2.05, 4.69) is 57.9 Å². The van der Waals surface area contributed by atoms with E-state index in [-0.39, 0.29) is 24.7 Å². The maximum atomic E-state index is 11.0. The van der Waals surface area contributed by atoms with E-state index in [4.69, 9.17) is 5.11 Å². The van der Waals surface area contributed by atoms with Crippen LogP contribution in [0.4, 0.5) is 0 Å². The summed E-state index contributed by atoms with van der Waals surface area (Å²) in [6.07, 6.45) is 0. The van der Waals surface area contributed by atoms with Crippen LogP contribution in [0.1, 0.15) is 27.7 Å². The van der Waals surface area contributed by atoms with Crippen LogP contribution in [0.15, 0.2) is 0 Å². The third-order valence-corrected chi connectivity index (χ3v) is 1.69. The molecule has 0 aromatic rings. The minimum atomic E-state index is -0.750. The normalized spacial score (nSPS) is 9.06. The largest absolute Gasteiger partial charge is 2.00 e. The first-order valence-corrected chi connectivity index (χ1v) is 5.90. The first-order chi connectivity index (χ1) is 7.16. The maximum absolute atomic E-state index is 11.0. The van der Waals surface area contributed by atoms with Gasteiger partial charge in [-0.25, -0.2) is 0 Å². The van der Waals surface area contributed by atoms with Crippen LogP contribution >= 0.6 is 24.4 Å². The Morgan fingerprint density at radius 3 is 1.41 bits per heavy atom. The van der Waals surface area contributed by atoms with Crippen LogP contribution < -0.4 is 15.9 Å².